The SMILES string of the molecule is COC(=O)c1cc(F)ccc1-c1c(/C=C/c2ccccc2)c(C)cn(Cc2ccccc2)c1=O. The third kappa shape index (κ3) is 4.89. The third-order valence-corrected chi connectivity index (χ3v) is 5.61. The Bertz CT molecular complexity index is 1410. The summed E-state index contributed by atoms with van der Waals surface area (Å²) >= 11 is 0. The Hall–Kier alpha value is -4.25. The quantitative estimate of drug-likeness (QED) is 0.338. The van der Waals surface area contributed by atoms with Gasteiger partial charge in [0, 0.05) is 11.8 Å². The summed E-state index contributed by atoms with van der Waals surface area (Å²) in [6.45, 7) is 2.28. The number of nitrogens with zero attached hydrogens (tertiary/aromatic N) is 1. The van der Waals surface area contributed by atoms with Crippen molar-refractivity contribution in [2.24, 2.45) is 0 Å². The number of esters is 1. The number of methoxy groups -OCH3 is 1. The van der Waals surface area contributed by atoms with Gasteiger partial charge in [-0.15, -0.1) is 0 Å². The molecular weight excluding hydrogens is 429 g/mol. The number of carbonyl (C=O) groups excluding carboxylic acids is 1. The van der Waals surface area contributed by atoms with Gasteiger partial charge in [-0.3, -0.25) is 4.79 Å². The van der Waals surface area contributed by atoms with E-state index in [2.05, 4.69) is 0 Å². The van der Waals surface area contributed by atoms with Gasteiger partial charge in [0.1, 0.15) is 5.82 Å². The number of hydrogen-bond donors (Lipinski definition) is 0. The van der Waals surface area contributed by atoms with Crippen LogP contribution in [0, 0.1) is 12.7 Å². The molecule has 4 rings (SSSR count). The van der Waals surface area contributed by atoms with Crippen LogP contribution in [0.1, 0.15) is 32.6 Å². The van der Waals surface area contributed by atoms with E-state index in [0.29, 0.717) is 23.2 Å². The van der Waals surface area contributed by atoms with E-state index in [1.165, 1.54) is 19.2 Å². The molecule has 4 nitrogen and oxygen atoms in total. The zero-order valence-corrected chi connectivity index (χ0v) is 19.0. The van der Waals surface area contributed by atoms with Gasteiger partial charge in [-0.05, 0) is 41.3 Å². The van der Waals surface area contributed by atoms with Crippen molar-refractivity contribution in [1.82, 2.24) is 4.57 Å². The zero-order chi connectivity index (χ0) is 24.1. The molecule has 0 saturated carbocycles. The van der Waals surface area contributed by atoms with Gasteiger partial charge in [0.05, 0.1) is 24.8 Å². The summed E-state index contributed by atoms with van der Waals surface area (Å²) in [5, 5.41) is 0. The Morgan fingerprint density at radius 1 is 0.971 bits per heavy atom. The van der Waals surface area contributed by atoms with Crippen molar-refractivity contribution in [3.05, 3.63) is 129 Å². The molecule has 34 heavy (non-hydrogen) atoms. The van der Waals surface area contributed by atoms with Gasteiger partial charge in [-0.1, -0.05) is 78.9 Å². The molecule has 0 atom stereocenters. The summed E-state index contributed by atoms with van der Waals surface area (Å²) in [6, 6.07) is 23.2. The van der Waals surface area contributed by atoms with Gasteiger partial charge in [0.15, 0.2) is 0 Å². The lowest BCUT2D eigenvalue weighted by molar-refractivity contribution is 0.0601. The molecule has 0 aliphatic carbocycles. The minimum atomic E-state index is -0.706. The maximum Gasteiger partial charge on any atom is 0.338 e. The topological polar surface area (TPSA) is 48.3 Å². The van der Waals surface area contributed by atoms with Crippen molar-refractivity contribution >= 4 is 18.1 Å². The van der Waals surface area contributed by atoms with Gasteiger partial charge in [0.2, 0.25) is 0 Å². The Kier molecular flexibility index (Phi) is 6.83. The summed E-state index contributed by atoms with van der Waals surface area (Å²) in [6.07, 6.45) is 5.58. The standard InChI is InChI=1S/C29H24FNO3/c1-20-18-31(19-22-11-7-4-8-12-22)28(32)27(24(20)15-13-21-9-5-3-6-10-21)25-16-14-23(30)17-26(25)29(33)34-2/h3-18H,19H2,1-2H3/b15-13+. The van der Waals surface area contributed by atoms with E-state index in [0.717, 1.165) is 22.8 Å². The van der Waals surface area contributed by atoms with Crippen LogP contribution in [0.15, 0.2) is 89.9 Å². The van der Waals surface area contributed by atoms with Crippen molar-refractivity contribution in [2.45, 2.75) is 13.5 Å². The highest BCUT2D eigenvalue weighted by molar-refractivity contribution is 5.99. The summed E-state index contributed by atoms with van der Waals surface area (Å²) in [4.78, 5) is 26.3. The Balaban J connectivity index is 1.96. The molecule has 1 aromatic heterocycles. The van der Waals surface area contributed by atoms with E-state index in [-0.39, 0.29) is 11.1 Å². The third-order valence-electron chi connectivity index (χ3n) is 5.61. The molecule has 0 N–H and O–H groups in total. The first-order valence-electron chi connectivity index (χ1n) is 10.9. The minimum Gasteiger partial charge on any atom is -0.465 e. The van der Waals surface area contributed by atoms with E-state index >= 15 is 0 Å². The van der Waals surface area contributed by atoms with E-state index in [1.54, 1.807) is 4.57 Å². The molecule has 5 heteroatoms. The molecule has 170 valence electrons. The molecule has 0 radical (unpaired) electrons. The predicted molar refractivity (Wildman–Crippen MR) is 133 cm³/mol. The van der Waals surface area contributed by atoms with Crippen molar-refractivity contribution in [3.63, 3.8) is 0 Å². The molecule has 0 aliphatic heterocycles. The summed E-state index contributed by atoms with van der Waals surface area (Å²) in [5.41, 5.74) is 3.82. The lowest BCUT2D eigenvalue weighted by atomic mass is 9.93. The molecule has 1 heterocycles. The molecule has 0 bridgehead atoms. The van der Waals surface area contributed by atoms with Gasteiger partial charge in [-0.2, -0.15) is 0 Å². The van der Waals surface area contributed by atoms with Crippen LogP contribution in [0.3, 0.4) is 0 Å². The number of hydrogen-bond acceptors (Lipinski definition) is 3. The summed E-state index contributed by atoms with van der Waals surface area (Å²) < 4.78 is 20.6. The lowest BCUT2D eigenvalue weighted by Gasteiger charge is -2.16. The van der Waals surface area contributed by atoms with Crippen LogP contribution in [0.2, 0.25) is 0 Å². The number of halogens is 1. The van der Waals surface area contributed by atoms with Crippen LogP contribution < -0.4 is 5.56 Å². The number of carbonyl (C=O) groups is 1. The lowest BCUT2D eigenvalue weighted by Crippen LogP contribution is -2.24. The normalized spacial score (nSPS) is 11.0. The molecule has 0 fully saturated rings. The fraction of sp³-hybridized carbons (Fsp3) is 0.103. The van der Waals surface area contributed by atoms with Gasteiger partial charge < -0.3 is 9.30 Å². The fourth-order valence-corrected chi connectivity index (χ4v) is 3.95. The Morgan fingerprint density at radius 3 is 2.32 bits per heavy atom. The van der Waals surface area contributed by atoms with Crippen molar-refractivity contribution in [1.29, 1.82) is 0 Å². The molecule has 0 spiro atoms. The van der Waals surface area contributed by atoms with Crippen LogP contribution in [-0.2, 0) is 11.3 Å². The monoisotopic (exact) mass is 453 g/mol. The van der Waals surface area contributed by atoms with Crippen molar-refractivity contribution < 1.29 is 13.9 Å². The number of aryl methyl sites for hydroxylation is 1. The molecule has 4 aromatic rings. The number of rotatable bonds is 6. The first-order valence-corrected chi connectivity index (χ1v) is 10.9. The highest BCUT2D eigenvalue weighted by Gasteiger charge is 2.21. The number of ether oxygens (including phenoxy) is 1. The second-order valence-corrected chi connectivity index (χ2v) is 7.94. The smallest absolute Gasteiger partial charge is 0.338 e. The van der Waals surface area contributed by atoms with Crippen molar-refractivity contribution in [2.75, 3.05) is 7.11 Å². The second-order valence-electron chi connectivity index (χ2n) is 7.94. The Labute approximate surface area is 197 Å². The van der Waals surface area contributed by atoms with Gasteiger partial charge in [0.25, 0.3) is 5.56 Å². The first-order chi connectivity index (χ1) is 16.5. The van der Waals surface area contributed by atoms with E-state index < -0.39 is 11.8 Å². The van der Waals surface area contributed by atoms with E-state index in [9.17, 15) is 14.0 Å². The van der Waals surface area contributed by atoms with Crippen LogP contribution in [0.4, 0.5) is 4.39 Å². The van der Waals surface area contributed by atoms with Gasteiger partial charge in [-0.25, -0.2) is 9.18 Å². The highest BCUT2D eigenvalue weighted by atomic mass is 19.1. The van der Waals surface area contributed by atoms with Gasteiger partial charge >= 0.3 is 5.97 Å². The van der Waals surface area contributed by atoms with Crippen LogP contribution in [-0.4, -0.2) is 17.6 Å². The second kappa shape index (κ2) is 10.1. The van der Waals surface area contributed by atoms with Crippen molar-refractivity contribution in [3.8, 4) is 11.1 Å². The number of aromatic nitrogens is 1. The molecule has 0 aliphatic rings. The summed E-state index contributed by atoms with van der Waals surface area (Å²) in [5.74, 6) is -1.29. The largest absolute Gasteiger partial charge is 0.465 e. The zero-order valence-electron chi connectivity index (χ0n) is 19.0. The fourth-order valence-electron chi connectivity index (χ4n) is 3.95. The minimum absolute atomic E-state index is 0.00539. The maximum atomic E-state index is 14.1. The van der Waals surface area contributed by atoms with Crippen LogP contribution in [0.5, 0.6) is 0 Å². The van der Waals surface area contributed by atoms with E-state index in [4.69, 9.17) is 4.74 Å². The molecule has 0 amide bonds. The van der Waals surface area contributed by atoms with Crippen LogP contribution in [0.25, 0.3) is 23.3 Å². The average Bonchev–Trinajstić information content (AvgIpc) is 2.86. The molecule has 0 unspecified atom stereocenters. The van der Waals surface area contributed by atoms with E-state index in [1.807, 2.05) is 85.9 Å². The highest BCUT2D eigenvalue weighted by Crippen LogP contribution is 2.29. The maximum absolute atomic E-state index is 14.1. The number of pyridine rings is 1. The molecule has 3 aromatic carbocycles. The molecule has 0 saturated heterocycles. The Morgan fingerprint density at radius 2 is 1.65 bits per heavy atom. The average molecular weight is 454 g/mol. The summed E-state index contributed by atoms with van der Waals surface area (Å²) in [7, 11) is 1.23. The predicted octanol–water partition coefficient (Wildman–Crippen LogP) is 5.97. The number of benzene rings is 3. The molecular formula is C29H24FNO3. The first kappa shape index (κ1) is 22.9. The van der Waals surface area contributed by atoms with Crippen LogP contribution >= 0.6 is 0 Å².